The minimum Gasteiger partial charge on any atom is -0.506 e. The van der Waals surface area contributed by atoms with E-state index in [-0.39, 0.29) is 30.2 Å². The van der Waals surface area contributed by atoms with E-state index in [9.17, 15) is 18.6 Å². The van der Waals surface area contributed by atoms with Crippen LogP contribution in [0.5, 0.6) is 11.5 Å². The Bertz CT molecular complexity index is 770. The van der Waals surface area contributed by atoms with Crippen molar-refractivity contribution in [2.75, 3.05) is 0 Å². The molecular weight excluding hydrogens is 560 g/mol. The summed E-state index contributed by atoms with van der Waals surface area (Å²) in [4.78, 5) is -0.212. The number of aromatic hydroxyl groups is 2. The number of rotatable bonds is 2. The van der Waals surface area contributed by atoms with E-state index in [4.69, 9.17) is 0 Å². The van der Waals surface area contributed by atoms with Crippen LogP contribution in [0.2, 0.25) is 0 Å². The highest BCUT2D eigenvalue weighted by Gasteiger charge is 2.27. The van der Waals surface area contributed by atoms with E-state index in [2.05, 4.69) is 63.7 Å². The van der Waals surface area contributed by atoms with E-state index in [0.29, 0.717) is 8.95 Å². The number of phenolic OH excluding ortho intramolecular Hbond substituents is 2. The van der Waals surface area contributed by atoms with E-state index in [1.54, 1.807) is 0 Å². The van der Waals surface area contributed by atoms with Gasteiger partial charge >= 0.3 is 0 Å². The Balaban J connectivity index is 2.75. The van der Waals surface area contributed by atoms with Crippen molar-refractivity contribution in [3.8, 4) is 11.5 Å². The van der Waals surface area contributed by atoms with E-state index < -0.39 is 9.84 Å². The van der Waals surface area contributed by atoms with Crippen LogP contribution in [0.25, 0.3) is 0 Å². The smallest absolute Gasteiger partial charge is 0.209 e. The first-order valence-electron chi connectivity index (χ1n) is 5.27. The topological polar surface area (TPSA) is 74.6 Å². The second-order valence-corrected chi connectivity index (χ2v) is 9.10. The summed E-state index contributed by atoms with van der Waals surface area (Å²) in [5, 5.41) is 19.7. The third-order valence-electron chi connectivity index (χ3n) is 2.64. The largest absolute Gasteiger partial charge is 0.506 e. The van der Waals surface area contributed by atoms with Gasteiger partial charge in [-0.2, -0.15) is 0 Å². The molecule has 9 heteroatoms. The van der Waals surface area contributed by atoms with Crippen LogP contribution < -0.4 is 0 Å². The summed E-state index contributed by atoms with van der Waals surface area (Å²) < 4.78 is 26.2. The van der Waals surface area contributed by atoms with Gasteiger partial charge in [-0.05, 0) is 88.0 Å². The second-order valence-electron chi connectivity index (χ2n) is 3.92. The predicted octanol–water partition coefficient (Wildman–Crippen LogP) is 4.98. The van der Waals surface area contributed by atoms with Crippen molar-refractivity contribution in [1.29, 1.82) is 0 Å². The van der Waals surface area contributed by atoms with Gasteiger partial charge in [0.15, 0.2) is 0 Å². The lowest BCUT2D eigenvalue weighted by atomic mass is 10.3. The van der Waals surface area contributed by atoms with Crippen molar-refractivity contribution in [2.45, 2.75) is 9.79 Å². The average molecular weight is 566 g/mol. The maximum absolute atomic E-state index is 12.7. The van der Waals surface area contributed by atoms with Crippen LogP contribution in [0.1, 0.15) is 0 Å². The molecule has 21 heavy (non-hydrogen) atoms. The molecule has 2 aromatic carbocycles. The molecule has 112 valence electrons. The Labute approximate surface area is 154 Å². The minimum absolute atomic E-state index is 0.0474. The van der Waals surface area contributed by atoms with Crippen molar-refractivity contribution in [3.05, 3.63) is 42.2 Å². The normalized spacial score (nSPS) is 11.6. The Morgan fingerprint density at radius 2 is 1.05 bits per heavy atom. The summed E-state index contributed by atoms with van der Waals surface area (Å²) in [6, 6.07) is 5.57. The molecule has 0 aliphatic carbocycles. The van der Waals surface area contributed by atoms with E-state index in [1.165, 1.54) is 24.3 Å². The summed E-state index contributed by atoms with van der Waals surface area (Å²) >= 11 is 12.4. The molecule has 0 radical (unpaired) electrons. The zero-order chi connectivity index (χ0) is 15.9. The van der Waals surface area contributed by atoms with Gasteiger partial charge in [-0.15, -0.1) is 0 Å². The van der Waals surface area contributed by atoms with Crippen molar-refractivity contribution in [2.24, 2.45) is 0 Å². The summed E-state index contributed by atoms with van der Waals surface area (Å²) in [5.74, 6) is -0.429. The fraction of sp³-hybridized carbons (Fsp3) is 0. The number of halogens is 4. The first-order chi connectivity index (χ1) is 9.67. The molecule has 0 unspecified atom stereocenters. The molecule has 0 heterocycles. The summed E-state index contributed by atoms with van der Waals surface area (Å²) in [7, 11) is -3.93. The third kappa shape index (κ3) is 3.03. The van der Waals surface area contributed by atoms with Gasteiger partial charge in [0.05, 0.1) is 27.7 Å². The molecule has 0 saturated carbocycles. The molecule has 0 aliphatic heterocycles. The van der Waals surface area contributed by atoms with Crippen LogP contribution in [0.4, 0.5) is 0 Å². The van der Waals surface area contributed by atoms with Gasteiger partial charge in [0.1, 0.15) is 11.5 Å². The lowest BCUT2D eigenvalue weighted by Gasteiger charge is -2.12. The van der Waals surface area contributed by atoms with Crippen molar-refractivity contribution in [3.63, 3.8) is 0 Å². The maximum Gasteiger partial charge on any atom is 0.209 e. The quantitative estimate of drug-likeness (QED) is 0.539. The Morgan fingerprint density at radius 1 is 0.714 bits per heavy atom. The highest BCUT2D eigenvalue weighted by Crippen LogP contribution is 2.43. The third-order valence-corrected chi connectivity index (χ3v) is 7.89. The highest BCUT2D eigenvalue weighted by atomic mass is 79.9. The fourth-order valence-corrected chi connectivity index (χ4v) is 6.14. The maximum atomic E-state index is 12.7. The van der Waals surface area contributed by atoms with Gasteiger partial charge < -0.3 is 10.2 Å². The number of hydrogen-bond acceptors (Lipinski definition) is 4. The van der Waals surface area contributed by atoms with Gasteiger partial charge in [-0.25, -0.2) is 8.42 Å². The van der Waals surface area contributed by atoms with Crippen LogP contribution in [0.15, 0.2) is 51.9 Å². The Hall–Kier alpha value is -0.0900. The first-order valence-corrected chi connectivity index (χ1v) is 9.92. The standard InChI is InChI=1S/C12H6Br4O4S/c13-5-1-3-7(9(15)11(5)17)21(19,20)8-4-2-6(14)12(18)10(8)16/h1-4,17-18H. The number of hydrogen-bond donors (Lipinski definition) is 2. The van der Waals surface area contributed by atoms with E-state index in [1.807, 2.05) is 0 Å². The monoisotopic (exact) mass is 562 g/mol. The highest BCUT2D eigenvalue weighted by molar-refractivity contribution is 9.11. The number of sulfone groups is 1. The Kier molecular flexibility index (Phi) is 5.09. The molecule has 0 atom stereocenters. The van der Waals surface area contributed by atoms with Gasteiger partial charge in [0.25, 0.3) is 0 Å². The van der Waals surface area contributed by atoms with Crippen molar-refractivity contribution >= 4 is 73.6 Å². The van der Waals surface area contributed by atoms with E-state index in [0.717, 1.165) is 0 Å². The molecule has 0 fully saturated rings. The molecule has 2 rings (SSSR count). The van der Waals surface area contributed by atoms with Crippen LogP contribution in [-0.2, 0) is 9.84 Å². The molecule has 0 bridgehead atoms. The average Bonchev–Trinajstić information content (AvgIpc) is 2.41. The van der Waals surface area contributed by atoms with Crippen molar-refractivity contribution in [1.82, 2.24) is 0 Å². The van der Waals surface area contributed by atoms with Crippen LogP contribution in [0, 0.1) is 0 Å². The summed E-state index contributed by atoms with van der Waals surface area (Å²) in [6.07, 6.45) is 0. The lowest BCUT2D eigenvalue weighted by molar-refractivity contribution is 0.465. The lowest BCUT2D eigenvalue weighted by Crippen LogP contribution is -2.04. The van der Waals surface area contributed by atoms with Crippen LogP contribution in [-0.4, -0.2) is 18.6 Å². The van der Waals surface area contributed by atoms with Gasteiger partial charge in [0, 0.05) is 0 Å². The molecular formula is C12H6Br4O4S. The zero-order valence-corrected chi connectivity index (χ0v) is 17.1. The molecule has 2 aromatic rings. The molecule has 0 aliphatic rings. The zero-order valence-electron chi connectivity index (χ0n) is 9.94. The molecule has 2 N–H and O–H groups in total. The molecule has 0 saturated heterocycles. The first kappa shape index (κ1) is 17.3. The van der Waals surface area contributed by atoms with Crippen LogP contribution in [0.3, 0.4) is 0 Å². The molecule has 0 spiro atoms. The van der Waals surface area contributed by atoms with Gasteiger partial charge in [-0.1, -0.05) is 0 Å². The Morgan fingerprint density at radius 3 is 1.38 bits per heavy atom. The SMILES string of the molecule is O=S(=O)(c1ccc(Br)c(O)c1Br)c1ccc(Br)c(O)c1Br. The number of phenols is 2. The minimum atomic E-state index is -3.93. The van der Waals surface area contributed by atoms with Gasteiger partial charge in [-0.3, -0.25) is 0 Å². The van der Waals surface area contributed by atoms with Crippen molar-refractivity contribution < 1.29 is 18.6 Å². The van der Waals surface area contributed by atoms with Gasteiger partial charge in [0.2, 0.25) is 9.84 Å². The second kappa shape index (κ2) is 6.19. The number of benzene rings is 2. The van der Waals surface area contributed by atoms with E-state index >= 15 is 0 Å². The molecule has 0 aromatic heterocycles. The summed E-state index contributed by atoms with van der Waals surface area (Å²) in [6.45, 7) is 0. The predicted molar refractivity (Wildman–Crippen MR) is 92.5 cm³/mol. The summed E-state index contributed by atoms with van der Waals surface area (Å²) in [5.41, 5.74) is 0. The fourth-order valence-electron chi connectivity index (χ4n) is 1.58. The van der Waals surface area contributed by atoms with Crippen LogP contribution >= 0.6 is 63.7 Å². The molecule has 0 amide bonds. The molecule has 4 nitrogen and oxygen atoms in total.